The molecule has 0 aliphatic heterocycles. The summed E-state index contributed by atoms with van der Waals surface area (Å²) < 4.78 is 16.2. The van der Waals surface area contributed by atoms with Crippen LogP contribution in [0.3, 0.4) is 0 Å². The van der Waals surface area contributed by atoms with Crippen LogP contribution in [-0.4, -0.2) is 36.7 Å². The largest absolute Gasteiger partial charge is 0.497 e. The molecule has 34 heavy (non-hydrogen) atoms. The predicted octanol–water partition coefficient (Wildman–Crippen LogP) is 3.99. The van der Waals surface area contributed by atoms with Gasteiger partial charge >= 0.3 is 5.97 Å². The molecule has 174 valence electrons. The molecule has 0 spiro atoms. The standard InChI is InChI=1S/C24H21N3O7/c1-3-33-22-13-16(15-25-26-23(28)19-9-4-5-10-20(19)27(30)31)11-12-21(22)34-24(29)17-7-6-8-18(14-17)32-2/h4-15H,3H2,1-2H3,(H,26,28). The van der Waals surface area contributed by atoms with Crippen molar-refractivity contribution in [1.29, 1.82) is 0 Å². The number of esters is 1. The van der Waals surface area contributed by atoms with Crippen molar-refractivity contribution >= 4 is 23.8 Å². The molecule has 10 nitrogen and oxygen atoms in total. The second-order valence-corrected chi connectivity index (χ2v) is 6.73. The van der Waals surface area contributed by atoms with Crippen molar-refractivity contribution in [2.75, 3.05) is 13.7 Å². The van der Waals surface area contributed by atoms with E-state index in [0.717, 1.165) is 0 Å². The second kappa shape index (κ2) is 11.2. The van der Waals surface area contributed by atoms with Gasteiger partial charge in [0.15, 0.2) is 11.5 Å². The lowest BCUT2D eigenvalue weighted by atomic mass is 10.2. The van der Waals surface area contributed by atoms with Crippen molar-refractivity contribution in [2.45, 2.75) is 6.92 Å². The van der Waals surface area contributed by atoms with Gasteiger partial charge in [0, 0.05) is 6.07 Å². The molecular formula is C24H21N3O7. The van der Waals surface area contributed by atoms with Gasteiger partial charge in [0.2, 0.25) is 0 Å². The molecule has 0 bridgehead atoms. The molecule has 0 atom stereocenters. The monoisotopic (exact) mass is 463 g/mol. The molecule has 0 saturated carbocycles. The summed E-state index contributed by atoms with van der Waals surface area (Å²) in [7, 11) is 1.50. The normalized spacial score (nSPS) is 10.5. The molecule has 3 aromatic rings. The number of amides is 1. The summed E-state index contributed by atoms with van der Waals surface area (Å²) in [6, 6.07) is 16.8. The van der Waals surface area contributed by atoms with E-state index < -0.39 is 16.8 Å². The molecule has 0 unspecified atom stereocenters. The Kier molecular flexibility index (Phi) is 7.90. The number of hydrogen-bond acceptors (Lipinski definition) is 8. The van der Waals surface area contributed by atoms with Crippen molar-refractivity contribution < 1.29 is 28.7 Å². The van der Waals surface area contributed by atoms with Gasteiger partial charge in [-0.2, -0.15) is 5.10 Å². The van der Waals surface area contributed by atoms with Gasteiger partial charge in [0.05, 0.1) is 30.4 Å². The van der Waals surface area contributed by atoms with Crippen molar-refractivity contribution in [3.63, 3.8) is 0 Å². The number of carbonyl (C=O) groups excluding carboxylic acids is 2. The Morgan fingerprint density at radius 2 is 1.85 bits per heavy atom. The Morgan fingerprint density at radius 3 is 2.59 bits per heavy atom. The molecule has 0 aromatic heterocycles. The lowest BCUT2D eigenvalue weighted by Crippen LogP contribution is -2.19. The number of hydrazone groups is 1. The number of carbonyl (C=O) groups is 2. The van der Waals surface area contributed by atoms with E-state index in [1.165, 1.54) is 43.7 Å². The zero-order chi connectivity index (χ0) is 24.5. The lowest BCUT2D eigenvalue weighted by molar-refractivity contribution is -0.385. The van der Waals surface area contributed by atoms with Crippen LogP contribution in [-0.2, 0) is 0 Å². The van der Waals surface area contributed by atoms with Crippen LogP contribution in [0.25, 0.3) is 0 Å². The van der Waals surface area contributed by atoms with E-state index in [2.05, 4.69) is 10.5 Å². The molecule has 1 amide bonds. The van der Waals surface area contributed by atoms with Crippen LogP contribution < -0.4 is 19.6 Å². The van der Waals surface area contributed by atoms with E-state index in [4.69, 9.17) is 14.2 Å². The lowest BCUT2D eigenvalue weighted by Gasteiger charge is -2.11. The minimum atomic E-state index is -0.725. The maximum absolute atomic E-state index is 12.5. The maximum Gasteiger partial charge on any atom is 0.343 e. The average Bonchev–Trinajstić information content (AvgIpc) is 2.85. The molecule has 0 heterocycles. The fourth-order valence-electron chi connectivity index (χ4n) is 2.92. The summed E-state index contributed by atoms with van der Waals surface area (Å²) in [5.74, 6) is -0.284. The van der Waals surface area contributed by atoms with Crippen LogP contribution >= 0.6 is 0 Å². The highest BCUT2D eigenvalue weighted by atomic mass is 16.6. The van der Waals surface area contributed by atoms with Gasteiger partial charge in [-0.15, -0.1) is 0 Å². The average molecular weight is 463 g/mol. The van der Waals surface area contributed by atoms with Gasteiger partial charge in [0.25, 0.3) is 11.6 Å². The van der Waals surface area contributed by atoms with Gasteiger partial charge < -0.3 is 14.2 Å². The topological polar surface area (TPSA) is 129 Å². The number of nitro groups is 1. The second-order valence-electron chi connectivity index (χ2n) is 6.73. The van der Waals surface area contributed by atoms with Crippen molar-refractivity contribution in [3.05, 3.63) is 93.5 Å². The van der Waals surface area contributed by atoms with Gasteiger partial charge in [-0.05, 0) is 55.0 Å². The molecular weight excluding hydrogens is 442 g/mol. The van der Waals surface area contributed by atoms with Gasteiger partial charge in [-0.1, -0.05) is 18.2 Å². The first-order valence-corrected chi connectivity index (χ1v) is 10.1. The van der Waals surface area contributed by atoms with E-state index in [0.29, 0.717) is 29.2 Å². The van der Waals surface area contributed by atoms with Crippen LogP contribution in [0, 0.1) is 10.1 Å². The number of nitrogens with one attached hydrogen (secondary N) is 1. The van der Waals surface area contributed by atoms with Crippen LogP contribution in [0.2, 0.25) is 0 Å². The molecule has 0 fully saturated rings. The third-order valence-electron chi connectivity index (χ3n) is 4.50. The van der Waals surface area contributed by atoms with Gasteiger partial charge in [-0.25, -0.2) is 10.2 Å². The predicted molar refractivity (Wildman–Crippen MR) is 124 cm³/mol. The van der Waals surface area contributed by atoms with Gasteiger partial charge in [-0.3, -0.25) is 14.9 Å². The summed E-state index contributed by atoms with van der Waals surface area (Å²) in [6.07, 6.45) is 1.34. The van der Waals surface area contributed by atoms with E-state index in [1.54, 1.807) is 43.3 Å². The molecule has 0 aliphatic rings. The minimum absolute atomic E-state index is 0.112. The Labute approximate surface area is 194 Å². The smallest absolute Gasteiger partial charge is 0.343 e. The molecule has 3 rings (SSSR count). The number of benzene rings is 3. The third kappa shape index (κ3) is 5.94. The number of methoxy groups -OCH3 is 1. The first-order valence-electron chi connectivity index (χ1n) is 10.1. The number of ether oxygens (including phenoxy) is 3. The number of hydrogen-bond donors (Lipinski definition) is 1. The van der Waals surface area contributed by atoms with E-state index in [1.807, 2.05) is 0 Å². The number of rotatable bonds is 9. The third-order valence-corrected chi connectivity index (χ3v) is 4.50. The van der Waals surface area contributed by atoms with Gasteiger partial charge in [0.1, 0.15) is 11.3 Å². The molecule has 0 radical (unpaired) electrons. The summed E-state index contributed by atoms with van der Waals surface area (Å²) >= 11 is 0. The van der Waals surface area contributed by atoms with Crippen LogP contribution in [0.5, 0.6) is 17.2 Å². The highest BCUT2D eigenvalue weighted by Gasteiger charge is 2.18. The Bertz CT molecular complexity index is 1240. The Balaban J connectivity index is 1.73. The zero-order valence-electron chi connectivity index (χ0n) is 18.4. The van der Waals surface area contributed by atoms with Crippen LogP contribution in [0.4, 0.5) is 5.69 Å². The zero-order valence-corrected chi connectivity index (χ0v) is 18.4. The maximum atomic E-state index is 12.5. The van der Waals surface area contributed by atoms with Crippen molar-refractivity contribution in [2.24, 2.45) is 5.10 Å². The van der Waals surface area contributed by atoms with Crippen LogP contribution in [0.15, 0.2) is 71.8 Å². The first-order chi connectivity index (χ1) is 16.4. The fraction of sp³-hybridized carbons (Fsp3) is 0.125. The van der Waals surface area contributed by atoms with E-state index in [9.17, 15) is 19.7 Å². The van der Waals surface area contributed by atoms with Crippen molar-refractivity contribution in [3.8, 4) is 17.2 Å². The molecule has 0 aliphatic carbocycles. The highest BCUT2D eigenvalue weighted by molar-refractivity contribution is 5.98. The Morgan fingerprint density at radius 1 is 1.06 bits per heavy atom. The van der Waals surface area contributed by atoms with Crippen molar-refractivity contribution in [1.82, 2.24) is 5.43 Å². The quantitative estimate of drug-likeness (QED) is 0.167. The van der Waals surface area contributed by atoms with E-state index >= 15 is 0 Å². The summed E-state index contributed by atoms with van der Waals surface area (Å²) in [4.78, 5) is 35.2. The summed E-state index contributed by atoms with van der Waals surface area (Å²) in [6.45, 7) is 2.10. The molecule has 10 heteroatoms. The highest BCUT2D eigenvalue weighted by Crippen LogP contribution is 2.29. The SMILES string of the molecule is CCOc1cc(C=NNC(=O)c2ccccc2[N+](=O)[O-])ccc1OC(=O)c1cccc(OC)c1. The molecule has 1 N–H and O–H groups in total. The minimum Gasteiger partial charge on any atom is -0.497 e. The molecule has 3 aromatic carbocycles. The number of nitrogens with zero attached hydrogens (tertiary/aromatic N) is 2. The Hall–Kier alpha value is -4.73. The summed E-state index contributed by atoms with van der Waals surface area (Å²) in [5, 5.41) is 14.9. The number of para-hydroxylation sites is 1. The van der Waals surface area contributed by atoms with E-state index in [-0.39, 0.29) is 17.0 Å². The summed E-state index contributed by atoms with van der Waals surface area (Å²) in [5.41, 5.74) is 2.67. The fourth-order valence-corrected chi connectivity index (χ4v) is 2.92. The number of nitro benzene ring substituents is 1. The van der Waals surface area contributed by atoms with Crippen LogP contribution in [0.1, 0.15) is 33.2 Å². The molecule has 0 saturated heterocycles. The first kappa shape index (κ1) is 23.9.